The molecule has 0 aromatic heterocycles. The van der Waals surface area contributed by atoms with E-state index in [1.54, 1.807) is 36.4 Å². The summed E-state index contributed by atoms with van der Waals surface area (Å²) in [4.78, 5) is 26.3. The van der Waals surface area contributed by atoms with Gasteiger partial charge in [0.15, 0.2) is 23.0 Å². The zero-order valence-corrected chi connectivity index (χ0v) is 43.6. The minimum atomic E-state index is -0.514. The van der Waals surface area contributed by atoms with Gasteiger partial charge >= 0.3 is 11.9 Å². The van der Waals surface area contributed by atoms with Crippen LogP contribution in [0.4, 0.5) is 0 Å². The summed E-state index contributed by atoms with van der Waals surface area (Å²) in [6, 6.07) is 22.4. The quantitative estimate of drug-likeness (QED) is 0.0189. The van der Waals surface area contributed by atoms with Crippen LogP contribution in [0.25, 0.3) is 23.3 Å². The Labute approximate surface area is 421 Å². The summed E-state index contributed by atoms with van der Waals surface area (Å²) in [7, 11) is 0. The molecule has 4 aromatic rings. The van der Waals surface area contributed by atoms with Crippen molar-refractivity contribution in [1.29, 1.82) is 0 Å². The summed E-state index contributed by atoms with van der Waals surface area (Å²) < 4.78 is 43.2. The second kappa shape index (κ2) is 34.6. The predicted octanol–water partition coefficient (Wildman–Crippen LogP) is 16.7. The molecule has 382 valence electrons. The molecule has 4 rings (SSSR count). The Bertz CT molecular complexity index is 2140. The Hall–Kier alpha value is -5.70. The lowest BCUT2D eigenvalue weighted by atomic mass is 10.1. The number of unbranched alkanes of at least 4 members (excludes halogenated alkanes) is 15. The number of aryl methyl sites for hydroxylation is 1. The van der Waals surface area contributed by atoms with Gasteiger partial charge in [-0.3, -0.25) is 0 Å². The molecule has 0 saturated heterocycles. The summed E-state index contributed by atoms with van der Waals surface area (Å²) in [5.41, 5.74) is 4.31. The van der Waals surface area contributed by atoms with Crippen LogP contribution < -0.4 is 33.2 Å². The number of hydrogen-bond donors (Lipinski definition) is 0. The first-order chi connectivity index (χ1) is 34.3. The zero-order valence-electron chi connectivity index (χ0n) is 43.6. The topological polar surface area (TPSA) is 98.8 Å². The number of carbonyl (C=O) groups excluding carboxylic acids is 2. The van der Waals surface area contributed by atoms with Crippen molar-refractivity contribution in [3.63, 3.8) is 0 Å². The number of benzene rings is 4. The first kappa shape index (κ1) is 56.9. The van der Waals surface area contributed by atoms with E-state index in [0.29, 0.717) is 67.5 Å². The molecule has 70 heavy (non-hydrogen) atoms. The summed E-state index contributed by atoms with van der Waals surface area (Å²) in [6.07, 6.45) is 28.2. The molecule has 0 saturated carbocycles. The minimum absolute atomic E-state index is 0.412. The van der Waals surface area contributed by atoms with Crippen molar-refractivity contribution in [2.24, 2.45) is 0 Å². The normalized spacial score (nSPS) is 11.3. The molecule has 0 aliphatic carbocycles. The minimum Gasteiger partial charge on any atom is -0.490 e. The van der Waals surface area contributed by atoms with E-state index < -0.39 is 11.9 Å². The molecule has 0 aliphatic rings. The van der Waals surface area contributed by atoms with Gasteiger partial charge in [0.05, 0.1) is 33.0 Å². The first-order valence-electron chi connectivity index (χ1n) is 26.8. The largest absolute Gasteiger partial charge is 0.490 e. The predicted molar refractivity (Wildman–Crippen MR) is 287 cm³/mol. The number of carbonyl (C=O) groups is 2. The van der Waals surface area contributed by atoms with Gasteiger partial charge in [-0.25, -0.2) is 9.59 Å². The van der Waals surface area contributed by atoms with Crippen molar-refractivity contribution < 1.29 is 42.7 Å². The van der Waals surface area contributed by atoms with E-state index >= 15 is 0 Å². The fourth-order valence-corrected chi connectivity index (χ4v) is 7.80. The molecule has 0 aliphatic heterocycles. The van der Waals surface area contributed by atoms with Crippen LogP contribution in [0.2, 0.25) is 0 Å². The molecule has 0 spiro atoms. The highest BCUT2D eigenvalue weighted by Gasteiger charge is 2.19. The van der Waals surface area contributed by atoms with E-state index in [9.17, 15) is 9.59 Å². The lowest BCUT2D eigenvalue weighted by Gasteiger charge is -2.19. The molecule has 0 atom stereocenters. The molecule has 9 heteroatoms. The summed E-state index contributed by atoms with van der Waals surface area (Å²) in [6.45, 7) is 15.9. The van der Waals surface area contributed by atoms with Crippen molar-refractivity contribution in [1.82, 2.24) is 0 Å². The van der Waals surface area contributed by atoms with Crippen LogP contribution in [0, 0.1) is 6.92 Å². The van der Waals surface area contributed by atoms with Gasteiger partial charge in [-0.1, -0.05) is 167 Å². The molecule has 0 amide bonds. The molecule has 4 aromatic carbocycles. The monoisotopic (exact) mass is 961 g/mol. The SMILES string of the molecule is CCCCCCOc1ccc(/C=C/C(=O)Oc2ccc(-c3ccc(OC(=O)/C=C/c4ccc(C)c(OCCCCCC)c4OCCCCCC)cc3)cc2)c(OCCCCCC)c1OCCCCCC. The molecule has 0 radical (unpaired) electrons. The third-order valence-corrected chi connectivity index (χ3v) is 12.0. The Balaban J connectivity index is 1.40. The first-order valence-corrected chi connectivity index (χ1v) is 26.8. The third-order valence-electron chi connectivity index (χ3n) is 12.0. The second-order valence-corrected chi connectivity index (χ2v) is 18.0. The van der Waals surface area contributed by atoms with Crippen LogP contribution in [0.15, 0.2) is 84.9 Å². The van der Waals surface area contributed by atoms with Crippen molar-refractivity contribution in [3.8, 4) is 51.4 Å². The van der Waals surface area contributed by atoms with Gasteiger partial charge in [-0.05, 0) is 104 Å². The summed E-state index contributed by atoms with van der Waals surface area (Å²) >= 11 is 0. The van der Waals surface area contributed by atoms with E-state index in [1.165, 1.54) is 37.8 Å². The second-order valence-electron chi connectivity index (χ2n) is 18.0. The van der Waals surface area contributed by atoms with Gasteiger partial charge in [0.1, 0.15) is 11.5 Å². The van der Waals surface area contributed by atoms with Crippen LogP contribution >= 0.6 is 0 Å². The number of rotatable bonds is 37. The van der Waals surface area contributed by atoms with E-state index in [4.69, 9.17) is 33.2 Å². The summed E-state index contributed by atoms with van der Waals surface area (Å²) in [5, 5.41) is 0. The standard InChI is InChI=1S/C61H84O9/c1-7-12-17-22-43-64-55-40-33-52(60(67-46-25-20-15-10-4)61(55)68-47-26-21-16-11-5)35-42-57(63)70-54-38-31-50(32-39-54)49-29-36-53(37-30-49)69-56(62)41-34-51-28-27-48(6)58(65-44-23-18-13-8-2)59(51)66-45-24-19-14-9-3/h27-42H,7-26,43-47H2,1-6H3/b41-34+,42-35+. The van der Waals surface area contributed by atoms with Crippen LogP contribution in [0.3, 0.4) is 0 Å². The van der Waals surface area contributed by atoms with Gasteiger partial charge in [0, 0.05) is 23.3 Å². The van der Waals surface area contributed by atoms with E-state index in [1.807, 2.05) is 55.5 Å². The fourth-order valence-electron chi connectivity index (χ4n) is 7.80. The molecule has 0 bridgehead atoms. The van der Waals surface area contributed by atoms with Crippen molar-refractivity contribution in [2.75, 3.05) is 33.0 Å². The lowest BCUT2D eigenvalue weighted by molar-refractivity contribution is -0.129. The van der Waals surface area contributed by atoms with Crippen LogP contribution in [-0.4, -0.2) is 45.0 Å². The van der Waals surface area contributed by atoms with Crippen molar-refractivity contribution in [2.45, 2.75) is 170 Å². The van der Waals surface area contributed by atoms with Gasteiger partial charge in [0.2, 0.25) is 5.75 Å². The fraction of sp³-hybridized carbons (Fsp3) is 0.508. The molecule has 0 N–H and O–H groups in total. The van der Waals surface area contributed by atoms with Gasteiger partial charge in [0.25, 0.3) is 0 Å². The van der Waals surface area contributed by atoms with E-state index in [-0.39, 0.29) is 0 Å². The van der Waals surface area contributed by atoms with Crippen LogP contribution in [-0.2, 0) is 9.59 Å². The molecule has 9 nitrogen and oxygen atoms in total. The van der Waals surface area contributed by atoms with E-state index in [0.717, 1.165) is 136 Å². The lowest BCUT2D eigenvalue weighted by Crippen LogP contribution is -2.08. The average molecular weight is 961 g/mol. The molecule has 0 heterocycles. The average Bonchev–Trinajstić information content (AvgIpc) is 3.36. The maximum atomic E-state index is 13.2. The molecular formula is C61H84O9. The Kier molecular flexibility index (Phi) is 28.1. The van der Waals surface area contributed by atoms with Gasteiger partial charge in [-0.15, -0.1) is 0 Å². The van der Waals surface area contributed by atoms with Crippen LogP contribution in [0.1, 0.15) is 180 Å². The zero-order chi connectivity index (χ0) is 50.0. The summed E-state index contributed by atoms with van der Waals surface area (Å²) in [5.74, 6) is 3.07. The highest BCUT2D eigenvalue weighted by molar-refractivity contribution is 5.90. The number of hydrogen-bond acceptors (Lipinski definition) is 9. The highest BCUT2D eigenvalue weighted by atomic mass is 16.5. The Morgan fingerprint density at radius 2 is 0.714 bits per heavy atom. The maximum Gasteiger partial charge on any atom is 0.336 e. The number of ether oxygens (including phenoxy) is 7. The number of esters is 2. The Morgan fingerprint density at radius 1 is 0.371 bits per heavy atom. The van der Waals surface area contributed by atoms with Crippen molar-refractivity contribution in [3.05, 3.63) is 102 Å². The molecular weight excluding hydrogens is 877 g/mol. The highest BCUT2D eigenvalue weighted by Crippen LogP contribution is 2.42. The molecule has 0 unspecified atom stereocenters. The van der Waals surface area contributed by atoms with E-state index in [2.05, 4.69) is 34.6 Å². The molecule has 0 fully saturated rings. The van der Waals surface area contributed by atoms with Gasteiger partial charge < -0.3 is 33.2 Å². The van der Waals surface area contributed by atoms with Gasteiger partial charge in [-0.2, -0.15) is 0 Å². The Morgan fingerprint density at radius 3 is 1.11 bits per heavy atom. The maximum absolute atomic E-state index is 13.2. The van der Waals surface area contributed by atoms with Crippen LogP contribution in [0.5, 0.6) is 40.2 Å². The van der Waals surface area contributed by atoms with Crippen molar-refractivity contribution >= 4 is 24.1 Å². The smallest absolute Gasteiger partial charge is 0.336 e. The third kappa shape index (κ3) is 21.1.